The lowest BCUT2D eigenvalue weighted by atomic mass is 10.0. The highest BCUT2D eigenvalue weighted by Gasteiger charge is 2.19. The summed E-state index contributed by atoms with van der Waals surface area (Å²) in [4.78, 5) is 10.7. The highest BCUT2D eigenvalue weighted by molar-refractivity contribution is 6.49. The summed E-state index contributed by atoms with van der Waals surface area (Å²) >= 11 is 23.7. The summed E-state index contributed by atoms with van der Waals surface area (Å²) in [6.45, 7) is 0. The van der Waals surface area contributed by atoms with Crippen LogP contribution in [-0.4, -0.2) is 5.91 Å². The third-order valence-electron chi connectivity index (χ3n) is 2.22. The zero-order chi connectivity index (χ0) is 13.2. The van der Waals surface area contributed by atoms with E-state index in [0.29, 0.717) is 17.0 Å². The van der Waals surface area contributed by atoms with E-state index >= 15 is 0 Å². The van der Waals surface area contributed by atoms with Gasteiger partial charge < -0.3 is 11.5 Å². The van der Waals surface area contributed by atoms with Gasteiger partial charge in [0.05, 0.1) is 15.1 Å². The Labute approximate surface area is 119 Å². The summed E-state index contributed by atoms with van der Waals surface area (Å²) in [5.41, 5.74) is 11.4. The Morgan fingerprint density at radius 3 is 2.29 bits per heavy atom. The predicted octanol–water partition coefficient (Wildman–Crippen LogP) is 3.57. The lowest BCUT2D eigenvalue weighted by Crippen LogP contribution is -2.17. The van der Waals surface area contributed by atoms with Gasteiger partial charge in [-0.2, -0.15) is 0 Å². The highest BCUT2D eigenvalue weighted by atomic mass is 35.5. The van der Waals surface area contributed by atoms with E-state index in [4.69, 9.17) is 57.9 Å². The molecule has 3 nitrogen and oxygen atoms in total. The summed E-state index contributed by atoms with van der Waals surface area (Å²) in [5.74, 6) is -0.437. The van der Waals surface area contributed by atoms with Crippen molar-refractivity contribution in [3.63, 3.8) is 0 Å². The van der Waals surface area contributed by atoms with Crippen molar-refractivity contribution in [1.29, 1.82) is 0 Å². The molecule has 0 aromatic heterocycles. The molecule has 7 heteroatoms. The smallest absolute Gasteiger partial charge is 0.217 e. The molecule has 0 radical (unpaired) electrons. The van der Waals surface area contributed by atoms with E-state index in [-0.39, 0.29) is 21.5 Å². The van der Waals surface area contributed by atoms with Crippen LogP contribution in [0.2, 0.25) is 20.1 Å². The normalized spacial score (nSPS) is 12.5. The predicted molar refractivity (Wildman–Crippen MR) is 71.8 cm³/mol. The average Bonchev–Trinajstić information content (AvgIpc) is 2.23. The van der Waals surface area contributed by atoms with Gasteiger partial charge in [0.2, 0.25) is 5.91 Å². The van der Waals surface area contributed by atoms with Gasteiger partial charge in [0.25, 0.3) is 0 Å². The zero-order valence-corrected chi connectivity index (χ0v) is 11.7. The van der Waals surface area contributed by atoms with Crippen molar-refractivity contribution in [3.05, 3.63) is 31.7 Å². The maximum Gasteiger partial charge on any atom is 0.217 e. The van der Waals surface area contributed by atoms with Crippen molar-refractivity contribution < 1.29 is 4.79 Å². The van der Waals surface area contributed by atoms with Gasteiger partial charge in [0.1, 0.15) is 0 Å². The second-order valence-corrected chi connectivity index (χ2v) is 5.06. The first-order valence-corrected chi connectivity index (χ1v) is 6.22. The fourth-order valence-corrected chi connectivity index (χ4v) is 2.56. The Morgan fingerprint density at radius 1 is 1.18 bits per heavy atom. The Hall–Kier alpha value is -0.190. The minimum absolute atomic E-state index is 0.147. The summed E-state index contributed by atoms with van der Waals surface area (Å²) in [6.07, 6.45) is 0.487. The van der Waals surface area contributed by atoms with Gasteiger partial charge >= 0.3 is 0 Å². The molecule has 1 rings (SSSR count). The van der Waals surface area contributed by atoms with E-state index in [0.717, 1.165) is 0 Å². The van der Waals surface area contributed by atoms with Crippen molar-refractivity contribution in [1.82, 2.24) is 0 Å². The van der Waals surface area contributed by atoms with Crippen molar-refractivity contribution in [2.24, 2.45) is 11.5 Å². The summed E-state index contributed by atoms with van der Waals surface area (Å²) < 4.78 is 0. The summed E-state index contributed by atoms with van der Waals surface area (Å²) in [6, 6.07) is 0.953. The fraction of sp³-hybridized carbons (Fsp3) is 0.300. The Bertz CT molecular complexity index is 450. The van der Waals surface area contributed by atoms with E-state index in [1.807, 2.05) is 0 Å². The monoisotopic (exact) mass is 314 g/mol. The number of halogens is 4. The first-order chi connectivity index (χ1) is 7.84. The lowest BCUT2D eigenvalue weighted by Gasteiger charge is -2.16. The van der Waals surface area contributed by atoms with E-state index in [1.54, 1.807) is 0 Å². The standard InChI is InChI=1S/C10H10Cl4N2O/c11-4-3-5(12)9(13)10(14)8(4)6(15)1-2-7(16)17/h3,6H,1-2,15H2,(H2,16,17). The maximum atomic E-state index is 10.7. The molecular weight excluding hydrogens is 306 g/mol. The molecule has 0 bridgehead atoms. The SMILES string of the molecule is NC(=O)CCC(N)c1c(Cl)cc(Cl)c(Cl)c1Cl. The first-order valence-electron chi connectivity index (χ1n) is 4.71. The van der Waals surface area contributed by atoms with Gasteiger partial charge in [0.15, 0.2) is 0 Å². The number of nitrogens with two attached hydrogens (primary N) is 2. The molecule has 0 aliphatic heterocycles. The number of carbonyl (C=O) groups is 1. The fourth-order valence-electron chi connectivity index (χ4n) is 1.36. The number of amides is 1. The summed E-state index contributed by atoms with van der Waals surface area (Å²) in [7, 11) is 0. The molecule has 0 aliphatic carbocycles. The number of hydrogen-bond acceptors (Lipinski definition) is 2. The van der Waals surface area contributed by atoms with Crippen LogP contribution in [0, 0.1) is 0 Å². The van der Waals surface area contributed by atoms with E-state index < -0.39 is 11.9 Å². The summed E-state index contributed by atoms with van der Waals surface area (Å²) in [5, 5.41) is 0.984. The molecule has 0 fully saturated rings. The minimum Gasteiger partial charge on any atom is -0.370 e. The second kappa shape index (κ2) is 6.12. The van der Waals surface area contributed by atoms with Gasteiger partial charge in [0, 0.05) is 23.0 Å². The van der Waals surface area contributed by atoms with E-state index in [2.05, 4.69) is 0 Å². The van der Waals surface area contributed by atoms with Crippen LogP contribution in [0.4, 0.5) is 0 Å². The van der Waals surface area contributed by atoms with Gasteiger partial charge in [-0.1, -0.05) is 46.4 Å². The van der Waals surface area contributed by atoms with Crippen LogP contribution in [-0.2, 0) is 4.79 Å². The topological polar surface area (TPSA) is 69.1 Å². The van der Waals surface area contributed by atoms with Crippen LogP contribution in [0.25, 0.3) is 0 Å². The number of primary amides is 1. The lowest BCUT2D eigenvalue weighted by molar-refractivity contribution is -0.118. The zero-order valence-electron chi connectivity index (χ0n) is 8.64. The van der Waals surface area contributed by atoms with Gasteiger partial charge in [-0.3, -0.25) is 4.79 Å². The number of hydrogen-bond donors (Lipinski definition) is 2. The highest BCUT2D eigenvalue weighted by Crippen LogP contribution is 2.40. The van der Waals surface area contributed by atoms with Gasteiger partial charge in [-0.05, 0) is 12.5 Å². The van der Waals surface area contributed by atoms with Crippen LogP contribution in [0.15, 0.2) is 6.07 Å². The van der Waals surface area contributed by atoms with E-state index in [9.17, 15) is 4.79 Å². The van der Waals surface area contributed by atoms with Gasteiger partial charge in [-0.25, -0.2) is 0 Å². The molecule has 0 saturated heterocycles. The Kier molecular flexibility index (Phi) is 5.35. The minimum atomic E-state index is -0.516. The largest absolute Gasteiger partial charge is 0.370 e. The molecule has 0 spiro atoms. The van der Waals surface area contributed by atoms with Crippen LogP contribution in [0.1, 0.15) is 24.4 Å². The van der Waals surface area contributed by atoms with Crippen LogP contribution in [0.5, 0.6) is 0 Å². The molecule has 17 heavy (non-hydrogen) atoms. The van der Waals surface area contributed by atoms with Crippen LogP contribution in [0.3, 0.4) is 0 Å². The number of rotatable bonds is 4. The third-order valence-corrected chi connectivity index (χ3v) is 3.81. The molecule has 1 atom stereocenters. The van der Waals surface area contributed by atoms with Crippen LogP contribution < -0.4 is 11.5 Å². The van der Waals surface area contributed by atoms with Crippen molar-refractivity contribution in [3.8, 4) is 0 Å². The molecule has 0 aliphatic rings. The molecule has 94 valence electrons. The molecule has 4 N–H and O–H groups in total. The first kappa shape index (κ1) is 14.9. The quantitative estimate of drug-likeness (QED) is 0.658. The molecule has 1 amide bonds. The number of carbonyl (C=O) groups excluding carboxylic acids is 1. The molecule has 1 aromatic rings. The van der Waals surface area contributed by atoms with Crippen molar-refractivity contribution in [2.75, 3.05) is 0 Å². The Balaban J connectivity index is 3.05. The molecule has 0 saturated carbocycles. The molecular formula is C10H10Cl4N2O. The average molecular weight is 316 g/mol. The van der Waals surface area contributed by atoms with Crippen molar-refractivity contribution >= 4 is 52.3 Å². The van der Waals surface area contributed by atoms with Crippen LogP contribution >= 0.6 is 46.4 Å². The van der Waals surface area contributed by atoms with Gasteiger partial charge in [-0.15, -0.1) is 0 Å². The number of benzene rings is 1. The molecule has 1 unspecified atom stereocenters. The molecule has 1 aromatic carbocycles. The Morgan fingerprint density at radius 2 is 1.76 bits per heavy atom. The maximum absolute atomic E-state index is 10.7. The van der Waals surface area contributed by atoms with E-state index in [1.165, 1.54) is 6.07 Å². The van der Waals surface area contributed by atoms with Crippen molar-refractivity contribution in [2.45, 2.75) is 18.9 Å². The molecule has 0 heterocycles. The second-order valence-electron chi connectivity index (χ2n) is 3.49. The third kappa shape index (κ3) is 3.63.